The minimum absolute atomic E-state index is 0.0114. The first-order valence-electron chi connectivity index (χ1n) is 6.18. The highest BCUT2D eigenvalue weighted by atomic mass is 16.6. The largest absolute Gasteiger partial charge is 0.373 e. The number of rotatable bonds is 7. The summed E-state index contributed by atoms with van der Waals surface area (Å²) in [4.78, 5) is 14.7. The van der Waals surface area contributed by atoms with Crippen LogP contribution in [0.1, 0.15) is 33.1 Å². The Labute approximate surface area is 107 Å². The topological polar surface area (TPSA) is 80.1 Å². The van der Waals surface area contributed by atoms with E-state index in [9.17, 15) is 10.1 Å². The third-order valence-corrected chi connectivity index (χ3v) is 2.70. The molecule has 1 unspecified atom stereocenters. The molecule has 1 aromatic rings. The molecule has 0 aliphatic carbocycles. The van der Waals surface area contributed by atoms with Crippen molar-refractivity contribution in [2.45, 2.75) is 39.2 Å². The van der Waals surface area contributed by atoms with Crippen LogP contribution in [0.25, 0.3) is 0 Å². The van der Waals surface area contributed by atoms with Crippen LogP contribution < -0.4 is 10.6 Å². The third kappa shape index (κ3) is 3.87. The van der Waals surface area contributed by atoms with Gasteiger partial charge in [0.2, 0.25) is 5.82 Å². The lowest BCUT2D eigenvalue weighted by Crippen LogP contribution is -2.17. The van der Waals surface area contributed by atoms with E-state index in [1.54, 1.807) is 13.1 Å². The van der Waals surface area contributed by atoms with Crippen LogP contribution in [0.3, 0.4) is 0 Å². The lowest BCUT2D eigenvalue weighted by Gasteiger charge is -2.14. The van der Waals surface area contributed by atoms with Gasteiger partial charge in [0, 0.05) is 19.2 Å². The lowest BCUT2D eigenvalue weighted by molar-refractivity contribution is -0.384. The molecule has 6 heteroatoms. The van der Waals surface area contributed by atoms with Gasteiger partial charge in [-0.1, -0.05) is 19.8 Å². The quantitative estimate of drug-likeness (QED) is 0.576. The number of nitro groups is 1. The van der Waals surface area contributed by atoms with Crippen LogP contribution >= 0.6 is 0 Å². The minimum atomic E-state index is -0.415. The first kappa shape index (κ1) is 14.2. The number of hydrogen-bond donors (Lipinski definition) is 2. The van der Waals surface area contributed by atoms with E-state index in [0.29, 0.717) is 11.6 Å². The molecule has 0 saturated carbocycles. The van der Waals surface area contributed by atoms with Gasteiger partial charge in [0.05, 0.1) is 4.92 Å². The molecule has 1 atom stereocenters. The van der Waals surface area contributed by atoms with Gasteiger partial charge in [0.25, 0.3) is 0 Å². The van der Waals surface area contributed by atoms with Gasteiger partial charge in [-0.2, -0.15) is 0 Å². The summed E-state index contributed by atoms with van der Waals surface area (Å²) in [5.74, 6) is 0.946. The molecule has 0 aromatic carbocycles. The average molecular weight is 252 g/mol. The highest BCUT2D eigenvalue weighted by Gasteiger charge is 2.17. The zero-order valence-electron chi connectivity index (χ0n) is 11.1. The van der Waals surface area contributed by atoms with E-state index < -0.39 is 4.92 Å². The molecular formula is C12H20N4O2. The smallest absolute Gasteiger partial charge is 0.311 e. The van der Waals surface area contributed by atoms with Crippen LogP contribution in [0.4, 0.5) is 17.3 Å². The Kier molecular flexibility index (Phi) is 5.35. The molecular weight excluding hydrogens is 232 g/mol. The van der Waals surface area contributed by atoms with E-state index in [1.807, 2.05) is 6.92 Å². The first-order valence-corrected chi connectivity index (χ1v) is 6.18. The highest BCUT2D eigenvalue weighted by molar-refractivity contribution is 5.60. The molecule has 0 aliphatic rings. The number of unbranched alkanes of at least 4 members (excludes halogenated alkanes) is 1. The van der Waals surface area contributed by atoms with Gasteiger partial charge in [-0.15, -0.1) is 0 Å². The molecule has 0 spiro atoms. The maximum Gasteiger partial charge on any atom is 0.311 e. The van der Waals surface area contributed by atoms with Crippen molar-refractivity contribution in [1.29, 1.82) is 0 Å². The Morgan fingerprint density at radius 2 is 2.22 bits per heavy atom. The normalized spacial score (nSPS) is 11.9. The molecule has 1 aromatic heterocycles. The molecule has 18 heavy (non-hydrogen) atoms. The second-order valence-corrected chi connectivity index (χ2v) is 4.26. The van der Waals surface area contributed by atoms with Crippen LogP contribution in [0, 0.1) is 10.1 Å². The summed E-state index contributed by atoms with van der Waals surface area (Å²) in [6.45, 7) is 4.13. The fourth-order valence-corrected chi connectivity index (χ4v) is 1.66. The molecule has 2 N–H and O–H groups in total. The Morgan fingerprint density at radius 3 is 2.78 bits per heavy atom. The van der Waals surface area contributed by atoms with E-state index in [-0.39, 0.29) is 11.7 Å². The monoisotopic (exact) mass is 252 g/mol. The summed E-state index contributed by atoms with van der Waals surface area (Å²) in [5.41, 5.74) is 0.0114. The predicted molar refractivity (Wildman–Crippen MR) is 73.0 cm³/mol. The summed E-state index contributed by atoms with van der Waals surface area (Å²) in [6.07, 6.45) is 3.17. The number of anilines is 2. The van der Waals surface area contributed by atoms with Gasteiger partial charge in [-0.05, 0) is 19.4 Å². The maximum atomic E-state index is 10.9. The van der Waals surface area contributed by atoms with Gasteiger partial charge >= 0.3 is 5.69 Å². The Hall–Kier alpha value is -1.85. The SMILES string of the molecule is CCCCC(C)Nc1nc(NC)ccc1[N+](=O)[O-]. The second kappa shape index (κ2) is 6.78. The van der Waals surface area contributed by atoms with Crippen LogP contribution in [-0.2, 0) is 0 Å². The summed E-state index contributed by atoms with van der Waals surface area (Å²) in [6, 6.07) is 3.23. The van der Waals surface area contributed by atoms with E-state index in [2.05, 4.69) is 22.5 Å². The number of nitrogens with one attached hydrogen (secondary N) is 2. The van der Waals surface area contributed by atoms with E-state index in [4.69, 9.17) is 0 Å². The number of hydrogen-bond acceptors (Lipinski definition) is 5. The standard InChI is InChI=1S/C12H20N4O2/c1-4-5-6-9(2)14-12-10(16(17)18)7-8-11(13-3)15-12/h7-9H,4-6H2,1-3H3,(H2,13,14,15). The average Bonchev–Trinajstić information content (AvgIpc) is 2.35. The molecule has 1 rings (SSSR count). The van der Waals surface area contributed by atoms with Gasteiger partial charge < -0.3 is 10.6 Å². The first-order chi connectivity index (χ1) is 8.58. The predicted octanol–water partition coefficient (Wildman–Crippen LogP) is 3.02. The highest BCUT2D eigenvalue weighted by Crippen LogP contribution is 2.25. The second-order valence-electron chi connectivity index (χ2n) is 4.26. The van der Waals surface area contributed by atoms with Crippen molar-refractivity contribution < 1.29 is 4.92 Å². The van der Waals surface area contributed by atoms with Gasteiger partial charge in [-0.25, -0.2) is 4.98 Å². The third-order valence-electron chi connectivity index (χ3n) is 2.70. The minimum Gasteiger partial charge on any atom is -0.373 e. The zero-order valence-corrected chi connectivity index (χ0v) is 11.1. The summed E-state index contributed by atoms with van der Waals surface area (Å²) >= 11 is 0. The van der Waals surface area contributed by atoms with E-state index >= 15 is 0 Å². The fourth-order valence-electron chi connectivity index (χ4n) is 1.66. The Balaban J connectivity index is 2.86. The number of aromatic nitrogens is 1. The van der Waals surface area contributed by atoms with Crippen molar-refractivity contribution in [1.82, 2.24) is 4.98 Å². The molecule has 1 heterocycles. The molecule has 0 aliphatic heterocycles. The van der Waals surface area contributed by atoms with Crippen molar-refractivity contribution in [3.05, 3.63) is 22.2 Å². The van der Waals surface area contributed by atoms with Crippen molar-refractivity contribution in [3.8, 4) is 0 Å². The molecule has 0 radical (unpaired) electrons. The Morgan fingerprint density at radius 1 is 1.50 bits per heavy atom. The molecule has 0 amide bonds. The zero-order chi connectivity index (χ0) is 13.5. The van der Waals surface area contributed by atoms with Gasteiger partial charge in [0.15, 0.2) is 0 Å². The van der Waals surface area contributed by atoms with Gasteiger partial charge in [0.1, 0.15) is 5.82 Å². The van der Waals surface area contributed by atoms with Crippen LogP contribution in [0.15, 0.2) is 12.1 Å². The van der Waals surface area contributed by atoms with Crippen molar-refractivity contribution in [3.63, 3.8) is 0 Å². The van der Waals surface area contributed by atoms with Crippen LogP contribution in [-0.4, -0.2) is 23.0 Å². The Bertz CT molecular complexity index is 409. The van der Waals surface area contributed by atoms with Crippen LogP contribution in [0.2, 0.25) is 0 Å². The molecule has 0 saturated heterocycles. The fraction of sp³-hybridized carbons (Fsp3) is 0.583. The molecule has 6 nitrogen and oxygen atoms in total. The molecule has 0 bridgehead atoms. The van der Waals surface area contributed by atoms with Crippen molar-refractivity contribution in [2.24, 2.45) is 0 Å². The van der Waals surface area contributed by atoms with Gasteiger partial charge in [-0.3, -0.25) is 10.1 Å². The van der Waals surface area contributed by atoms with E-state index in [0.717, 1.165) is 19.3 Å². The summed E-state index contributed by atoms with van der Waals surface area (Å²) in [5, 5.41) is 16.9. The van der Waals surface area contributed by atoms with Crippen molar-refractivity contribution >= 4 is 17.3 Å². The molecule has 0 fully saturated rings. The van der Waals surface area contributed by atoms with Crippen molar-refractivity contribution in [2.75, 3.05) is 17.7 Å². The number of nitrogens with zero attached hydrogens (tertiary/aromatic N) is 2. The van der Waals surface area contributed by atoms with E-state index in [1.165, 1.54) is 6.07 Å². The lowest BCUT2D eigenvalue weighted by atomic mass is 10.1. The maximum absolute atomic E-state index is 10.9. The number of pyridine rings is 1. The summed E-state index contributed by atoms with van der Waals surface area (Å²) < 4.78 is 0. The van der Waals surface area contributed by atoms with Crippen LogP contribution in [0.5, 0.6) is 0 Å². The molecule has 100 valence electrons. The summed E-state index contributed by atoms with van der Waals surface area (Å²) in [7, 11) is 1.73.